The molecule has 0 spiro atoms. The summed E-state index contributed by atoms with van der Waals surface area (Å²) >= 11 is 6.05. The molecule has 2 aromatic carbocycles. The van der Waals surface area contributed by atoms with Crippen molar-refractivity contribution in [3.05, 3.63) is 70.2 Å². The standard InChI is InChI=1S/C28H35ClN2O8/c1-28(2,3)39-27(36)31-23(25(34)37-17-20-13-11-19(12-14-20)16-24(32)33)10-6-7-15-30-26(35)38-18-21-8-4-5-9-22(21)29/h4-5,8-9,11-14,23H,6-7,10,15-18H2,1-3H3,(H,30,35)(H,31,36)(H,32,33). The summed E-state index contributed by atoms with van der Waals surface area (Å²) in [5.41, 5.74) is 1.25. The summed E-state index contributed by atoms with van der Waals surface area (Å²) in [6, 6.07) is 12.8. The number of amides is 2. The first-order valence-electron chi connectivity index (χ1n) is 12.5. The van der Waals surface area contributed by atoms with Crippen molar-refractivity contribution in [3.63, 3.8) is 0 Å². The van der Waals surface area contributed by atoms with Gasteiger partial charge in [0, 0.05) is 17.1 Å². The van der Waals surface area contributed by atoms with E-state index < -0.39 is 35.8 Å². The number of hydrogen-bond donors (Lipinski definition) is 3. The van der Waals surface area contributed by atoms with Gasteiger partial charge in [-0.3, -0.25) is 4.79 Å². The van der Waals surface area contributed by atoms with E-state index in [0.717, 1.165) is 0 Å². The Kier molecular flexibility index (Phi) is 12.6. The van der Waals surface area contributed by atoms with Gasteiger partial charge < -0.3 is 30.0 Å². The molecule has 0 aliphatic carbocycles. The molecular weight excluding hydrogens is 528 g/mol. The third-order valence-corrected chi connectivity index (χ3v) is 5.61. The molecule has 0 aliphatic rings. The molecule has 1 atom stereocenters. The largest absolute Gasteiger partial charge is 0.481 e. The molecule has 11 heteroatoms. The Morgan fingerprint density at radius 3 is 2.21 bits per heavy atom. The van der Waals surface area contributed by atoms with Crippen molar-refractivity contribution in [2.24, 2.45) is 0 Å². The fourth-order valence-electron chi connectivity index (χ4n) is 3.36. The predicted octanol–water partition coefficient (Wildman–Crippen LogP) is 5.00. The number of hydrogen-bond acceptors (Lipinski definition) is 7. The second-order valence-electron chi connectivity index (χ2n) is 9.78. The van der Waals surface area contributed by atoms with E-state index in [0.29, 0.717) is 41.1 Å². The number of esters is 1. The lowest BCUT2D eigenvalue weighted by Crippen LogP contribution is -2.44. The van der Waals surface area contributed by atoms with Gasteiger partial charge in [-0.25, -0.2) is 14.4 Å². The Labute approximate surface area is 233 Å². The van der Waals surface area contributed by atoms with Gasteiger partial charge in [0.1, 0.15) is 24.9 Å². The zero-order valence-corrected chi connectivity index (χ0v) is 23.1. The van der Waals surface area contributed by atoms with Gasteiger partial charge in [0.25, 0.3) is 0 Å². The van der Waals surface area contributed by atoms with Crippen LogP contribution >= 0.6 is 11.6 Å². The third kappa shape index (κ3) is 13.0. The average molecular weight is 563 g/mol. The summed E-state index contributed by atoms with van der Waals surface area (Å²) < 4.78 is 15.8. The number of halogens is 1. The Morgan fingerprint density at radius 1 is 0.897 bits per heavy atom. The van der Waals surface area contributed by atoms with E-state index >= 15 is 0 Å². The van der Waals surface area contributed by atoms with Crippen LogP contribution in [0, 0.1) is 0 Å². The van der Waals surface area contributed by atoms with Crippen LogP contribution in [-0.4, -0.2) is 47.4 Å². The van der Waals surface area contributed by atoms with E-state index in [1.807, 2.05) is 0 Å². The number of carbonyl (C=O) groups is 4. The summed E-state index contributed by atoms with van der Waals surface area (Å²) in [7, 11) is 0. The maximum atomic E-state index is 12.8. The van der Waals surface area contributed by atoms with Crippen LogP contribution in [0.15, 0.2) is 48.5 Å². The minimum atomic E-state index is -0.960. The van der Waals surface area contributed by atoms with Crippen LogP contribution in [0.2, 0.25) is 5.02 Å². The summed E-state index contributed by atoms with van der Waals surface area (Å²) in [4.78, 5) is 47.9. The van der Waals surface area contributed by atoms with Gasteiger partial charge >= 0.3 is 24.1 Å². The smallest absolute Gasteiger partial charge is 0.408 e. The Hall–Kier alpha value is -3.79. The van der Waals surface area contributed by atoms with Gasteiger partial charge in [-0.2, -0.15) is 0 Å². The molecule has 39 heavy (non-hydrogen) atoms. The van der Waals surface area contributed by atoms with Crippen LogP contribution in [-0.2, 0) is 43.4 Å². The Balaban J connectivity index is 1.82. The molecule has 1 unspecified atom stereocenters. The summed E-state index contributed by atoms with van der Waals surface area (Å²) in [6.45, 7) is 5.44. The molecule has 0 heterocycles. The van der Waals surface area contributed by atoms with Gasteiger partial charge in [0.15, 0.2) is 0 Å². The van der Waals surface area contributed by atoms with Crippen LogP contribution in [0.1, 0.15) is 56.7 Å². The molecule has 0 aromatic heterocycles. The van der Waals surface area contributed by atoms with E-state index in [-0.39, 0.29) is 26.1 Å². The number of unbranched alkanes of at least 4 members (excludes halogenated alkanes) is 1. The van der Waals surface area contributed by atoms with Crippen molar-refractivity contribution in [3.8, 4) is 0 Å². The number of rotatable bonds is 13. The zero-order chi connectivity index (χ0) is 28.8. The van der Waals surface area contributed by atoms with Gasteiger partial charge in [-0.05, 0) is 57.2 Å². The minimum Gasteiger partial charge on any atom is -0.481 e. The molecule has 0 saturated carbocycles. The average Bonchev–Trinajstić information content (AvgIpc) is 2.85. The van der Waals surface area contributed by atoms with E-state index in [2.05, 4.69) is 10.6 Å². The van der Waals surface area contributed by atoms with Gasteiger partial charge in [0.2, 0.25) is 0 Å². The molecule has 212 valence electrons. The van der Waals surface area contributed by atoms with Gasteiger partial charge in [-0.15, -0.1) is 0 Å². The monoisotopic (exact) mass is 562 g/mol. The second-order valence-corrected chi connectivity index (χ2v) is 10.2. The highest BCUT2D eigenvalue weighted by Gasteiger charge is 2.25. The van der Waals surface area contributed by atoms with Gasteiger partial charge in [-0.1, -0.05) is 54.1 Å². The van der Waals surface area contributed by atoms with Crippen LogP contribution in [0.25, 0.3) is 0 Å². The Bertz CT molecular complexity index is 1120. The normalized spacial score (nSPS) is 11.7. The fraction of sp³-hybridized carbons (Fsp3) is 0.429. The van der Waals surface area contributed by atoms with Crippen molar-refractivity contribution < 1.29 is 38.5 Å². The van der Waals surface area contributed by atoms with Gasteiger partial charge in [0.05, 0.1) is 6.42 Å². The molecule has 2 rings (SSSR count). The quantitative estimate of drug-likeness (QED) is 0.176. The number of ether oxygens (including phenoxy) is 3. The second kappa shape index (κ2) is 15.6. The molecule has 2 aromatic rings. The van der Waals surface area contributed by atoms with E-state index in [4.69, 9.17) is 30.9 Å². The van der Waals surface area contributed by atoms with Crippen LogP contribution in [0.5, 0.6) is 0 Å². The van der Waals surface area contributed by atoms with Crippen molar-refractivity contribution in [1.29, 1.82) is 0 Å². The highest BCUT2D eigenvalue weighted by atomic mass is 35.5. The van der Waals surface area contributed by atoms with Crippen LogP contribution in [0.4, 0.5) is 9.59 Å². The lowest BCUT2D eigenvalue weighted by atomic mass is 10.1. The SMILES string of the molecule is CC(C)(C)OC(=O)NC(CCCCNC(=O)OCc1ccccc1Cl)C(=O)OCc1ccc(CC(=O)O)cc1. The van der Waals surface area contributed by atoms with Crippen molar-refractivity contribution in [2.75, 3.05) is 6.54 Å². The van der Waals surface area contributed by atoms with E-state index in [1.54, 1.807) is 69.3 Å². The Morgan fingerprint density at radius 2 is 1.56 bits per heavy atom. The first kappa shape index (κ1) is 31.4. The molecular formula is C28H35ClN2O8. The molecule has 3 N–H and O–H groups in total. The number of nitrogens with one attached hydrogen (secondary N) is 2. The molecule has 0 bridgehead atoms. The predicted molar refractivity (Wildman–Crippen MR) is 144 cm³/mol. The van der Waals surface area contributed by atoms with Crippen LogP contribution < -0.4 is 10.6 Å². The van der Waals surface area contributed by atoms with Crippen molar-refractivity contribution >= 4 is 35.7 Å². The molecule has 10 nitrogen and oxygen atoms in total. The molecule has 0 aliphatic heterocycles. The molecule has 0 radical (unpaired) electrons. The minimum absolute atomic E-state index is 0.0432. The first-order valence-corrected chi connectivity index (χ1v) is 12.9. The van der Waals surface area contributed by atoms with Crippen molar-refractivity contribution in [1.82, 2.24) is 10.6 Å². The maximum Gasteiger partial charge on any atom is 0.408 e. The zero-order valence-electron chi connectivity index (χ0n) is 22.3. The lowest BCUT2D eigenvalue weighted by Gasteiger charge is -2.23. The number of alkyl carbamates (subject to hydrolysis) is 2. The van der Waals surface area contributed by atoms with E-state index in [1.165, 1.54) is 0 Å². The number of benzene rings is 2. The van der Waals surface area contributed by atoms with E-state index in [9.17, 15) is 19.2 Å². The first-order chi connectivity index (χ1) is 18.4. The summed E-state index contributed by atoms with van der Waals surface area (Å²) in [6.07, 6.45) is -0.172. The third-order valence-electron chi connectivity index (χ3n) is 5.24. The number of aliphatic carboxylic acids is 1. The number of carboxylic acids is 1. The number of carboxylic acid groups (broad SMARTS) is 1. The summed E-state index contributed by atoms with van der Waals surface area (Å²) in [5, 5.41) is 14.6. The molecule has 0 saturated heterocycles. The maximum absolute atomic E-state index is 12.8. The van der Waals surface area contributed by atoms with Crippen LogP contribution in [0.3, 0.4) is 0 Å². The number of carbonyl (C=O) groups excluding carboxylic acids is 3. The highest BCUT2D eigenvalue weighted by molar-refractivity contribution is 6.31. The molecule has 0 fully saturated rings. The van der Waals surface area contributed by atoms with Crippen molar-refractivity contribution in [2.45, 2.75) is 71.3 Å². The highest BCUT2D eigenvalue weighted by Crippen LogP contribution is 2.16. The summed E-state index contributed by atoms with van der Waals surface area (Å²) in [5.74, 6) is -1.57. The fourth-order valence-corrected chi connectivity index (χ4v) is 3.55. The lowest BCUT2D eigenvalue weighted by molar-refractivity contribution is -0.147. The molecule has 2 amide bonds. The topological polar surface area (TPSA) is 140 Å².